The largest absolute Gasteiger partial charge is 0.311 e. The van der Waals surface area contributed by atoms with E-state index in [-0.39, 0.29) is 0 Å². The summed E-state index contributed by atoms with van der Waals surface area (Å²) in [5.41, 5.74) is 2.34. The third kappa shape index (κ3) is 4.83. The lowest BCUT2D eigenvalue weighted by Crippen LogP contribution is -2.53. The van der Waals surface area contributed by atoms with Crippen LogP contribution in [0, 0.1) is 0 Å². The molecular formula is C21H35N5. The molecule has 2 bridgehead atoms. The number of rotatable bonds is 0. The molecule has 144 valence electrons. The van der Waals surface area contributed by atoms with E-state index >= 15 is 0 Å². The number of hydrogen-bond acceptors (Lipinski definition) is 5. The molecule has 3 aliphatic rings. The highest BCUT2D eigenvalue weighted by molar-refractivity contribution is 5.12. The highest BCUT2D eigenvalue weighted by Crippen LogP contribution is 2.20. The minimum absolute atomic E-state index is 0.569. The average Bonchev–Trinajstić information content (AvgIpc) is 2.69. The Hall–Kier alpha value is -1.01. The average molecular weight is 358 g/mol. The summed E-state index contributed by atoms with van der Waals surface area (Å²) in [7, 11) is 0. The molecule has 0 amide bonds. The Morgan fingerprint density at radius 2 is 1.04 bits per heavy atom. The summed E-state index contributed by atoms with van der Waals surface area (Å²) in [5.74, 6) is 0. The standard InChI is InChI=1S/C21H35N5/c1-3-10-20-18(8-1)22-12-13-23-19-9-2-4-11-21(19)25-15-17-7-5-6-16(26-17)14-24-20/h5-7,18-25H,1-4,8-15H2/t18-,19+,20-,21-/m1/s1. The number of nitrogens with zero attached hydrogens (tertiary/aromatic N) is 1. The summed E-state index contributed by atoms with van der Waals surface area (Å²) in [6.07, 6.45) is 10.5. The zero-order chi connectivity index (χ0) is 17.6. The normalized spacial score (nSPS) is 34.0. The lowest BCUT2D eigenvalue weighted by atomic mass is 9.89. The maximum atomic E-state index is 4.89. The molecule has 2 heterocycles. The summed E-state index contributed by atoms with van der Waals surface area (Å²) in [4.78, 5) is 4.89. The summed E-state index contributed by atoms with van der Waals surface area (Å²) in [6.45, 7) is 3.89. The van der Waals surface area contributed by atoms with Crippen molar-refractivity contribution >= 4 is 0 Å². The molecule has 0 radical (unpaired) electrons. The van der Waals surface area contributed by atoms with Gasteiger partial charge in [0.15, 0.2) is 0 Å². The highest BCUT2D eigenvalue weighted by Gasteiger charge is 2.26. The topological polar surface area (TPSA) is 61.0 Å². The van der Waals surface area contributed by atoms with Gasteiger partial charge >= 0.3 is 0 Å². The van der Waals surface area contributed by atoms with Crippen molar-refractivity contribution in [3.05, 3.63) is 29.6 Å². The SMILES string of the molecule is c1cc2nc(c1)CN[C@@H]1CCCC[C@H]1NCCN[C@H]1CCCC[C@H]1NC2. The first-order valence-electron chi connectivity index (χ1n) is 10.8. The van der Waals surface area contributed by atoms with E-state index in [0.29, 0.717) is 24.2 Å². The van der Waals surface area contributed by atoms with Gasteiger partial charge in [-0.05, 0) is 37.8 Å². The maximum absolute atomic E-state index is 4.89. The van der Waals surface area contributed by atoms with Crippen molar-refractivity contribution < 1.29 is 0 Å². The molecule has 0 unspecified atom stereocenters. The van der Waals surface area contributed by atoms with Gasteiger partial charge in [-0.15, -0.1) is 0 Å². The first kappa shape index (κ1) is 18.4. The Bertz CT molecular complexity index is 518. The fourth-order valence-corrected chi connectivity index (χ4v) is 4.95. The van der Waals surface area contributed by atoms with Crippen LogP contribution in [0.3, 0.4) is 0 Å². The molecular weight excluding hydrogens is 322 g/mol. The van der Waals surface area contributed by atoms with Gasteiger partial charge in [0.05, 0.1) is 11.4 Å². The smallest absolute Gasteiger partial charge is 0.0545 e. The van der Waals surface area contributed by atoms with Crippen LogP contribution in [0.1, 0.15) is 62.8 Å². The minimum atomic E-state index is 0.569. The molecule has 4 rings (SSSR count). The van der Waals surface area contributed by atoms with Crippen molar-refractivity contribution in [2.45, 2.75) is 88.6 Å². The molecule has 1 aromatic rings. The lowest BCUT2D eigenvalue weighted by molar-refractivity contribution is 0.266. The van der Waals surface area contributed by atoms with Crippen LogP contribution in [-0.2, 0) is 13.1 Å². The van der Waals surface area contributed by atoms with E-state index in [0.717, 1.165) is 26.2 Å². The molecule has 2 aliphatic carbocycles. The van der Waals surface area contributed by atoms with Crippen molar-refractivity contribution in [3.8, 4) is 0 Å². The Kier molecular flexibility index (Phi) is 6.54. The van der Waals surface area contributed by atoms with E-state index < -0.39 is 0 Å². The van der Waals surface area contributed by atoms with Crippen molar-refractivity contribution in [1.82, 2.24) is 26.3 Å². The van der Waals surface area contributed by atoms with Crippen LogP contribution in [-0.4, -0.2) is 42.2 Å². The van der Waals surface area contributed by atoms with Gasteiger partial charge in [-0.3, -0.25) is 4.98 Å². The van der Waals surface area contributed by atoms with Crippen LogP contribution in [0.15, 0.2) is 18.2 Å². The Morgan fingerprint density at radius 3 is 1.50 bits per heavy atom. The molecule has 1 aromatic heterocycles. The number of aromatic nitrogens is 1. The van der Waals surface area contributed by atoms with Crippen LogP contribution in [0.5, 0.6) is 0 Å². The third-order valence-corrected chi connectivity index (χ3v) is 6.43. The van der Waals surface area contributed by atoms with Crippen LogP contribution in [0.2, 0.25) is 0 Å². The molecule has 4 N–H and O–H groups in total. The highest BCUT2D eigenvalue weighted by atomic mass is 15.1. The second kappa shape index (κ2) is 9.27. The van der Waals surface area contributed by atoms with Gasteiger partial charge in [0.1, 0.15) is 0 Å². The molecule has 0 saturated heterocycles. The Morgan fingerprint density at radius 1 is 0.615 bits per heavy atom. The zero-order valence-corrected chi connectivity index (χ0v) is 16.0. The van der Waals surface area contributed by atoms with Crippen LogP contribution < -0.4 is 21.3 Å². The predicted octanol–water partition coefficient (Wildman–Crippen LogP) is 2.08. The van der Waals surface area contributed by atoms with E-state index in [1.54, 1.807) is 0 Å². The summed E-state index contributed by atoms with van der Waals surface area (Å²) >= 11 is 0. The minimum Gasteiger partial charge on any atom is -0.311 e. The van der Waals surface area contributed by atoms with Gasteiger partial charge in [-0.2, -0.15) is 0 Å². The molecule has 0 spiro atoms. The van der Waals surface area contributed by atoms with Gasteiger partial charge in [0.25, 0.3) is 0 Å². The van der Waals surface area contributed by atoms with Crippen molar-refractivity contribution in [2.75, 3.05) is 13.1 Å². The number of fused-ring (bicyclic) bond motifs is 4. The quantitative estimate of drug-likeness (QED) is 0.573. The first-order chi connectivity index (χ1) is 12.9. The molecule has 0 aromatic carbocycles. The second-order valence-corrected chi connectivity index (χ2v) is 8.29. The molecule has 2 saturated carbocycles. The van der Waals surface area contributed by atoms with Crippen molar-refractivity contribution in [2.24, 2.45) is 0 Å². The van der Waals surface area contributed by atoms with E-state index in [4.69, 9.17) is 4.98 Å². The Balaban J connectivity index is 1.47. The molecule has 2 fully saturated rings. The van der Waals surface area contributed by atoms with Gasteiger partial charge < -0.3 is 21.3 Å². The van der Waals surface area contributed by atoms with Crippen molar-refractivity contribution in [1.29, 1.82) is 0 Å². The fraction of sp³-hybridized carbons (Fsp3) is 0.762. The van der Waals surface area contributed by atoms with E-state index in [1.165, 1.54) is 62.8 Å². The molecule has 4 atom stereocenters. The number of nitrogens with one attached hydrogen (secondary N) is 4. The van der Waals surface area contributed by atoms with Crippen LogP contribution in [0.4, 0.5) is 0 Å². The Labute approximate surface area is 158 Å². The van der Waals surface area contributed by atoms with E-state index in [9.17, 15) is 0 Å². The van der Waals surface area contributed by atoms with Crippen LogP contribution >= 0.6 is 0 Å². The molecule has 1 aliphatic heterocycles. The fourth-order valence-electron chi connectivity index (χ4n) is 4.95. The van der Waals surface area contributed by atoms with Crippen LogP contribution in [0.25, 0.3) is 0 Å². The lowest BCUT2D eigenvalue weighted by Gasteiger charge is -2.34. The monoisotopic (exact) mass is 357 g/mol. The first-order valence-corrected chi connectivity index (χ1v) is 10.8. The number of pyridine rings is 1. The van der Waals surface area contributed by atoms with Gasteiger partial charge in [-0.1, -0.05) is 31.7 Å². The second-order valence-electron chi connectivity index (χ2n) is 8.29. The summed E-state index contributed by atoms with van der Waals surface area (Å²) < 4.78 is 0. The van der Waals surface area contributed by atoms with E-state index in [1.807, 2.05) is 0 Å². The third-order valence-electron chi connectivity index (χ3n) is 6.43. The van der Waals surface area contributed by atoms with Gasteiger partial charge in [0.2, 0.25) is 0 Å². The van der Waals surface area contributed by atoms with E-state index in [2.05, 4.69) is 39.5 Å². The molecule has 5 nitrogen and oxygen atoms in total. The maximum Gasteiger partial charge on any atom is 0.0545 e. The van der Waals surface area contributed by atoms with Crippen molar-refractivity contribution in [3.63, 3.8) is 0 Å². The molecule has 26 heavy (non-hydrogen) atoms. The number of hydrogen-bond donors (Lipinski definition) is 4. The van der Waals surface area contributed by atoms with Gasteiger partial charge in [0, 0.05) is 50.3 Å². The zero-order valence-electron chi connectivity index (χ0n) is 16.0. The summed E-state index contributed by atoms with van der Waals surface area (Å²) in [5, 5.41) is 15.2. The summed E-state index contributed by atoms with van der Waals surface area (Å²) in [6, 6.07) is 8.81. The van der Waals surface area contributed by atoms with Gasteiger partial charge in [-0.25, -0.2) is 0 Å². The molecule has 5 heteroatoms. The predicted molar refractivity (Wildman–Crippen MR) is 106 cm³/mol.